The monoisotopic (exact) mass is 391 g/mol. The number of para-hydroxylation sites is 1. The fourth-order valence-electron chi connectivity index (χ4n) is 2.60. The standard InChI is InChI=1S/C19H21NO4S2/c1-22-16-8-7-13(11-17(16)23-2)20-18(21)12-24-15-6-4-3-5-14(15)19-25-9-10-26-19/h3-8,11,19H,9-10,12H2,1-2H3,(H,20,21). The van der Waals surface area contributed by atoms with E-state index in [1.54, 1.807) is 32.4 Å². The van der Waals surface area contributed by atoms with Crippen LogP contribution in [0.3, 0.4) is 0 Å². The summed E-state index contributed by atoms with van der Waals surface area (Å²) >= 11 is 3.82. The molecular weight excluding hydrogens is 370 g/mol. The first kappa shape index (κ1) is 18.8. The predicted octanol–water partition coefficient (Wildman–Crippen LogP) is 4.20. The van der Waals surface area contributed by atoms with Crippen LogP contribution in [0.1, 0.15) is 10.1 Å². The third-order valence-corrected chi connectivity index (χ3v) is 6.89. The second kappa shape index (κ2) is 9.09. The number of anilines is 1. The van der Waals surface area contributed by atoms with Crippen molar-refractivity contribution in [1.29, 1.82) is 0 Å². The number of carbonyl (C=O) groups is 1. The molecule has 0 atom stereocenters. The number of carbonyl (C=O) groups excluding carboxylic acids is 1. The Morgan fingerprint density at radius 2 is 1.77 bits per heavy atom. The predicted molar refractivity (Wildman–Crippen MR) is 108 cm³/mol. The van der Waals surface area contributed by atoms with Crippen LogP contribution < -0.4 is 19.5 Å². The Morgan fingerprint density at radius 3 is 2.50 bits per heavy atom. The van der Waals surface area contributed by atoms with E-state index in [0.29, 0.717) is 21.8 Å². The summed E-state index contributed by atoms with van der Waals surface area (Å²) in [6.07, 6.45) is 0. The maximum absolute atomic E-state index is 12.3. The van der Waals surface area contributed by atoms with Gasteiger partial charge in [-0.15, -0.1) is 23.5 Å². The second-order valence-corrected chi connectivity index (χ2v) is 8.24. The molecule has 1 amide bonds. The number of rotatable bonds is 7. The molecule has 2 aromatic carbocycles. The first-order chi connectivity index (χ1) is 12.7. The van der Waals surface area contributed by atoms with Crippen LogP contribution in [-0.4, -0.2) is 38.2 Å². The molecule has 138 valence electrons. The lowest BCUT2D eigenvalue weighted by Gasteiger charge is -2.15. The van der Waals surface area contributed by atoms with Gasteiger partial charge in [-0.25, -0.2) is 0 Å². The maximum atomic E-state index is 12.3. The summed E-state index contributed by atoms with van der Waals surface area (Å²) in [5.74, 6) is 4.00. The highest BCUT2D eigenvalue weighted by molar-refractivity contribution is 8.19. The minimum absolute atomic E-state index is 0.0482. The molecule has 1 saturated heterocycles. The first-order valence-corrected chi connectivity index (χ1v) is 10.3. The van der Waals surface area contributed by atoms with Gasteiger partial charge in [0.25, 0.3) is 5.91 Å². The van der Waals surface area contributed by atoms with Crippen LogP contribution in [0.5, 0.6) is 17.2 Å². The summed E-state index contributed by atoms with van der Waals surface area (Å²) in [6, 6.07) is 13.1. The van der Waals surface area contributed by atoms with Gasteiger partial charge in [-0.2, -0.15) is 0 Å². The van der Waals surface area contributed by atoms with Crippen LogP contribution in [0, 0.1) is 0 Å². The van der Waals surface area contributed by atoms with Crippen LogP contribution in [0.25, 0.3) is 0 Å². The average Bonchev–Trinajstić information content (AvgIpc) is 3.21. The summed E-state index contributed by atoms with van der Waals surface area (Å²) in [5, 5.41) is 2.82. The molecule has 0 bridgehead atoms. The zero-order valence-electron chi connectivity index (χ0n) is 14.7. The molecule has 0 aliphatic carbocycles. The zero-order valence-corrected chi connectivity index (χ0v) is 16.3. The van der Waals surface area contributed by atoms with Crippen LogP contribution >= 0.6 is 23.5 Å². The van der Waals surface area contributed by atoms with E-state index in [-0.39, 0.29) is 12.5 Å². The highest BCUT2D eigenvalue weighted by atomic mass is 32.2. The Labute approximate surface area is 161 Å². The van der Waals surface area contributed by atoms with E-state index in [9.17, 15) is 4.79 Å². The van der Waals surface area contributed by atoms with Crippen molar-refractivity contribution in [2.75, 3.05) is 37.6 Å². The molecule has 26 heavy (non-hydrogen) atoms. The molecule has 1 fully saturated rings. The molecule has 3 rings (SSSR count). The fourth-order valence-corrected chi connectivity index (χ4v) is 5.51. The van der Waals surface area contributed by atoms with Gasteiger partial charge >= 0.3 is 0 Å². The van der Waals surface area contributed by atoms with Crippen molar-refractivity contribution in [3.05, 3.63) is 48.0 Å². The van der Waals surface area contributed by atoms with Crippen molar-refractivity contribution in [2.24, 2.45) is 0 Å². The largest absolute Gasteiger partial charge is 0.493 e. The SMILES string of the molecule is COc1ccc(NC(=O)COc2ccccc2C2SCCS2)cc1OC. The molecule has 0 saturated carbocycles. The van der Waals surface area contributed by atoms with Crippen molar-refractivity contribution in [2.45, 2.75) is 4.58 Å². The lowest BCUT2D eigenvalue weighted by atomic mass is 10.2. The van der Waals surface area contributed by atoms with Gasteiger partial charge in [0, 0.05) is 28.8 Å². The van der Waals surface area contributed by atoms with Gasteiger partial charge in [0.2, 0.25) is 0 Å². The molecule has 1 heterocycles. The molecule has 0 aromatic heterocycles. The second-order valence-electron chi connectivity index (χ2n) is 5.52. The number of hydrogen-bond donors (Lipinski definition) is 1. The van der Waals surface area contributed by atoms with Crippen LogP contribution in [0.2, 0.25) is 0 Å². The Kier molecular flexibility index (Phi) is 6.57. The average molecular weight is 392 g/mol. The minimum atomic E-state index is -0.223. The molecule has 1 aliphatic rings. The third kappa shape index (κ3) is 4.59. The fraction of sp³-hybridized carbons (Fsp3) is 0.316. The van der Waals surface area contributed by atoms with Gasteiger partial charge in [-0.1, -0.05) is 18.2 Å². The van der Waals surface area contributed by atoms with E-state index in [1.807, 2.05) is 41.7 Å². The number of hydrogen-bond acceptors (Lipinski definition) is 6. The summed E-state index contributed by atoms with van der Waals surface area (Å²) in [7, 11) is 3.13. The topological polar surface area (TPSA) is 56.8 Å². The molecule has 7 heteroatoms. The highest BCUT2D eigenvalue weighted by Crippen LogP contribution is 2.48. The Morgan fingerprint density at radius 1 is 1.04 bits per heavy atom. The smallest absolute Gasteiger partial charge is 0.262 e. The van der Waals surface area contributed by atoms with Crippen molar-refractivity contribution in [3.8, 4) is 17.2 Å². The Bertz CT molecular complexity index is 763. The van der Waals surface area contributed by atoms with Crippen molar-refractivity contribution < 1.29 is 19.0 Å². The molecule has 1 aliphatic heterocycles. The molecule has 0 unspecified atom stereocenters. The molecule has 1 N–H and O–H groups in total. The summed E-state index contributed by atoms with van der Waals surface area (Å²) in [4.78, 5) is 12.3. The van der Waals surface area contributed by atoms with Crippen molar-refractivity contribution in [1.82, 2.24) is 0 Å². The summed E-state index contributed by atoms with van der Waals surface area (Å²) < 4.78 is 16.6. The number of nitrogens with one attached hydrogen (secondary N) is 1. The van der Waals surface area contributed by atoms with Crippen LogP contribution in [-0.2, 0) is 4.79 Å². The molecular formula is C19H21NO4S2. The quantitative estimate of drug-likeness (QED) is 0.763. The number of benzene rings is 2. The van der Waals surface area contributed by atoms with E-state index in [1.165, 1.54) is 0 Å². The molecule has 0 spiro atoms. The first-order valence-electron chi connectivity index (χ1n) is 8.18. The van der Waals surface area contributed by atoms with Gasteiger partial charge < -0.3 is 19.5 Å². The van der Waals surface area contributed by atoms with E-state index in [4.69, 9.17) is 14.2 Å². The van der Waals surface area contributed by atoms with Crippen molar-refractivity contribution in [3.63, 3.8) is 0 Å². The Balaban J connectivity index is 1.61. The zero-order chi connectivity index (χ0) is 18.4. The number of thioether (sulfide) groups is 2. The lowest BCUT2D eigenvalue weighted by molar-refractivity contribution is -0.118. The van der Waals surface area contributed by atoms with Crippen LogP contribution in [0.4, 0.5) is 5.69 Å². The highest BCUT2D eigenvalue weighted by Gasteiger charge is 2.21. The Hall–Kier alpha value is -1.99. The normalized spacial score (nSPS) is 14.1. The minimum Gasteiger partial charge on any atom is -0.493 e. The molecule has 5 nitrogen and oxygen atoms in total. The number of amides is 1. The van der Waals surface area contributed by atoms with E-state index < -0.39 is 0 Å². The number of ether oxygens (including phenoxy) is 3. The van der Waals surface area contributed by atoms with Gasteiger partial charge in [0.15, 0.2) is 18.1 Å². The van der Waals surface area contributed by atoms with Gasteiger partial charge in [0.05, 0.1) is 18.8 Å². The van der Waals surface area contributed by atoms with Gasteiger partial charge in [0.1, 0.15) is 5.75 Å². The summed E-state index contributed by atoms with van der Waals surface area (Å²) in [6.45, 7) is -0.0482. The third-order valence-electron chi connectivity index (χ3n) is 3.82. The van der Waals surface area contributed by atoms with E-state index in [0.717, 1.165) is 22.8 Å². The van der Waals surface area contributed by atoms with Gasteiger partial charge in [-0.05, 0) is 18.2 Å². The van der Waals surface area contributed by atoms with Crippen LogP contribution in [0.15, 0.2) is 42.5 Å². The van der Waals surface area contributed by atoms with Gasteiger partial charge in [-0.3, -0.25) is 4.79 Å². The number of methoxy groups -OCH3 is 2. The van der Waals surface area contributed by atoms with E-state index in [2.05, 4.69) is 11.4 Å². The molecule has 2 aromatic rings. The van der Waals surface area contributed by atoms with Crippen molar-refractivity contribution >= 4 is 35.1 Å². The van der Waals surface area contributed by atoms with E-state index >= 15 is 0 Å². The lowest BCUT2D eigenvalue weighted by Crippen LogP contribution is -2.20. The maximum Gasteiger partial charge on any atom is 0.262 e. The summed E-state index contributed by atoms with van der Waals surface area (Å²) in [5.41, 5.74) is 1.77. The molecule has 0 radical (unpaired) electrons.